The summed E-state index contributed by atoms with van der Waals surface area (Å²) in [4.78, 5) is 0. The third-order valence-electron chi connectivity index (χ3n) is 2.86. The molecule has 0 saturated carbocycles. The fourth-order valence-corrected chi connectivity index (χ4v) is 1.89. The molecule has 16 heavy (non-hydrogen) atoms. The summed E-state index contributed by atoms with van der Waals surface area (Å²) in [6.07, 6.45) is 3.81. The van der Waals surface area contributed by atoms with Gasteiger partial charge in [-0.1, -0.05) is 12.1 Å². The van der Waals surface area contributed by atoms with Crippen molar-refractivity contribution in [2.24, 2.45) is 0 Å². The van der Waals surface area contributed by atoms with Gasteiger partial charge in [0, 0.05) is 18.9 Å². The van der Waals surface area contributed by atoms with Crippen LogP contribution in [0.2, 0.25) is 0 Å². The van der Waals surface area contributed by atoms with Crippen LogP contribution in [0, 0.1) is 0 Å². The number of hydrogen-bond acceptors (Lipinski definition) is 3. The highest BCUT2D eigenvalue weighted by Gasteiger charge is 2.14. The predicted molar refractivity (Wildman–Crippen MR) is 64.1 cm³/mol. The molecule has 1 aromatic rings. The number of rotatable bonds is 5. The third-order valence-corrected chi connectivity index (χ3v) is 2.86. The van der Waals surface area contributed by atoms with Crippen LogP contribution < -0.4 is 5.73 Å². The van der Waals surface area contributed by atoms with Crippen LogP contribution in [-0.4, -0.2) is 19.3 Å². The topological polar surface area (TPSA) is 44.5 Å². The molecule has 2 N–H and O–H groups in total. The Morgan fingerprint density at radius 3 is 2.81 bits per heavy atom. The molecule has 1 aliphatic heterocycles. The monoisotopic (exact) mass is 221 g/mol. The average molecular weight is 221 g/mol. The number of nitrogen functional groups attached to an aromatic ring is 1. The zero-order valence-electron chi connectivity index (χ0n) is 9.52. The Morgan fingerprint density at radius 2 is 2.12 bits per heavy atom. The second kappa shape index (κ2) is 5.87. The van der Waals surface area contributed by atoms with E-state index in [-0.39, 0.29) is 0 Å². The Labute approximate surface area is 96.5 Å². The molecular formula is C13H19NO2. The first-order valence-electron chi connectivity index (χ1n) is 5.88. The Balaban J connectivity index is 1.62. The molecule has 1 aliphatic rings. The van der Waals surface area contributed by atoms with Gasteiger partial charge in [-0.15, -0.1) is 0 Å². The molecule has 3 heteroatoms. The van der Waals surface area contributed by atoms with E-state index in [0.29, 0.717) is 12.7 Å². The van der Waals surface area contributed by atoms with Crippen LogP contribution in [0.5, 0.6) is 0 Å². The number of anilines is 1. The minimum atomic E-state index is 0.423. The molecule has 0 amide bonds. The van der Waals surface area contributed by atoms with Gasteiger partial charge in [0.2, 0.25) is 0 Å². The van der Waals surface area contributed by atoms with E-state index in [2.05, 4.69) is 0 Å². The number of nitrogens with two attached hydrogens (primary N) is 1. The highest BCUT2D eigenvalue weighted by atomic mass is 16.5. The van der Waals surface area contributed by atoms with E-state index >= 15 is 0 Å². The summed E-state index contributed by atoms with van der Waals surface area (Å²) < 4.78 is 11.1. The van der Waals surface area contributed by atoms with Crippen molar-refractivity contribution in [1.82, 2.24) is 0 Å². The van der Waals surface area contributed by atoms with Gasteiger partial charge in [-0.05, 0) is 37.0 Å². The lowest BCUT2D eigenvalue weighted by molar-refractivity contribution is 0.0537. The normalized spacial score (nSPS) is 20.1. The molecule has 2 rings (SSSR count). The van der Waals surface area contributed by atoms with Crippen molar-refractivity contribution in [2.75, 3.05) is 18.9 Å². The summed E-state index contributed by atoms with van der Waals surface area (Å²) >= 11 is 0. The lowest BCUT2D eigenvalue weighted by atomic mass is 10.2. The molecule has 0 spiro atoms. The van der Waals surface area contributed by atoms with Crippen LogP contribution in [0.15, 0.2) is 24.3 Å². The summed E-state index contributed by atoms with van der Waals surface area (Å²) in [5.74, 6) is 0. The minimum absolute atomic E-state index is 0.423. The van der Waals surface area contributed by atoms with E-state index < -0.39 is 0 Å². The molecule has 0 bridgehead atoms. The number of benzene rings is 1. The van der Waals surface area contributed by atoms with E-state index in [1.165, 1.54) is 18.4 Å². The van der Waals surface area contributed by atoms with Crippen LogP contribution in [0.4, 0.5) is 5.69 Å². The third kappa shape index (κ3) is 3.51. The molecule has 1 saturated heterocycles. The minimum Gasteiger partial charge on any atom is -0.399 e. The van der Waals surface area contributed by atoms with Gasteiger partial charge in [0.15, 0.2) is 0 Å². The molecular weight excluding hydrogens is 202 g/mol. The highest BCUT2D eigenvalue weighted by molar-refractivity contribution is 5.39. The van der Waals surface area contributed by atoms with E-state index in [0.717, 1.165) is 25.3 Å². The summed E-state index contributed by atoms with van der Waals surface area (Å²) in [6.45, 7) is 2.35. The van der Waals surface area contributed by atoms with Gasteiger partial charge in [0.05, 0.1) is 12.7 Å². The molecule has 1 aromatic carbocycles. The van der Waals surface area contributed by atoms with Gasteiger partial charge in [0.25, 0.3) is 0 Å². The fourth-order valence-electron chi connectivity index (χ4n) is 1.89. The van der Waals surface area contributed by atoms with Gasteiger partial charge < -0.3 is 15.2 Å². The van der Waals surface area contributed by atoms with Crippen molar-refractivity contribution < 1.29 is 9.47 Å². The van der Waals surface area contributed by atoms with Crippen LogP contribution in [0.25, 0.3) is 0 Å². The second-order valence-corrected chi connectivity index (χ2v) is 4.22. The highest BCUT2D eigenvalue weighted by Crippen LogP contribution is 2.15. The summed E-state index contributed by atoms with van der Waals surface area (Å²) in [7, 11) is 0. The molecule has 1 unspecified atom stereocenters. The largest absolute Gasteiger partial charge is 0.399 e. The van der Waals surface area contributed by atoms with Crippen molar-refractivity contribution in [3.05, 3.63) is 29.8 Å². The maximum atomic E-state index is 5.61. The molecule has 1 fully saturated rings. The molecule has 1 heterocycles. The average Bonchev–Trinajstić information content (AvgIpc) is 2.80. The SMILES string of the molecule is Nc1ccc(COCCC2CCCO2)cc1. The van der Waals surface area contributed by atoms with Gasteiger partial charge in [-0.25, -0.2) is 0 Å². The van der Waals surface area contributed by atoms with Gasteiger partial charge in [-0.2, -0.15) is 0 Å². The Hall–Kier alpha value is -1.06. The van der Waals surface area contributed by atoms with Crippen LogP contribution in [0.1, 0.15) is 24.8 Å². The van der Waals surface area contributed by atoms with Crippen molar-refractivity contribution in [3.63, 3.8) is 0 Å². The van der Waals surface area contributed by atoms with Crippen molar-refractivity contribution in [1.29, 1.82) is 0 Å². The summed E-state index contributed by atoms with van der Waals surface area (Å²) in [5, 5.41) is 0. The molecule has 0 aromatic heterocycles. The Kier molecular flexibility index (Phi) is 4.19. The first-order chi connectivity index (χ1) is 7.84. The molecule has 88 valence electrons. The van der Waals surface area contributed by atoms with E-state index in [9.17, 15) is 0 Å². The fraction of sp³-hybridized carbons (Fsp3) is 0.538. The van der Waals surface area contributed by atoms with E-state index in [4.69, 9.17) is 15.2 Å². The van der Waals surface area contributed by atoms with Crippen molar-refractivity contribution in [3.8, 4) is 0 Å². The zero-order valence-corrected chi connectivity index (χ0v) is 9.52. The van der Waals surface area contributed by atoms with Crippen molar-refractivity contribution >= 4 is 5.69 Å². The first kappa shape index (κ1) is 11.4. The van der Waals surface area contributed by atoms with Crippen molar-refractivity contribution in [2.45, 2.75) is 32.0 Å². The maximum Gasteiger partial charge on any atom is 0.0716 e. The zero-order chi connectivity index (χ0) is 11.2. The maximum absolute atomic E-state index is 5.61. The molecule has 0 radical (unpaired) electrons. The number of ether oxygens (including phenoxy) is 2. The second-order valence-electron chi connectivity index (χ2n) is 4.22. The standard InChI is InChI=1S/C13H19NO2/c14-12-5-3-11(4-6-12)10-15-9-7-13-2-1-8-16-13/h3-6,13H,1-2,7-10,14H2. The number of hydrogen-bond donors (Lipinski definition) is 1. The quantitative estimate of drug-likeness (QED) is 0.613. The molecule has 3 nitrogen and oxygen atoms in total. The van der Waals surface area contributed by atoms with Gasteiger partial charge in [0.1, 0.15) is 0 Å². The first-order valence-corrected chi connectivity index (χ1v) is 5.88. The van der Waals surface area contributed by atoms with Gasteiger partial charge >= 0.3 is 0 Å². The lowest BCUT2D eigenvalue weighted by Crippen LogP contribution is -2.09. The summed E-state index contributed by atoms with van der Waals surface area (Å²) in [5.41, 5.74) is 7.57. The Bertz CT molecular complexity index is 304. The molecule has 1 atom stereocenters. The lowest BCUT2D eigenvalue weighted by Gasteiger charge is -2.09. The van der Waals surface area contributed by atoms with E-state index in [1.807, 2.05) is 24.3 Å². The Morgan fingerprint density at radius 1 is 1.31 bits per heavy atom. The predicted octanol–water partition coefficient (Wildman–Crippen LogP) is 2.35. The van der Waals surface area contributed by atoms with Gasteiger partial charge in [-0.3, -0.25) is 0 Å². The van der Waals surface area contributed by atoms with Crippen LogP contribution >= 0.6 is 0 Å². The smallest absolute Gasteiger partial charge is 0.0716 e. The van der Waals surface area contributed by atoms with Crippen LogP contribution in [0.3, 0.4) is 0 Å². The van der Waals surface area contributed by atoms with E-state index in [1.54, 1.807) is 0 Å². The summed E-state index contributed by atoms with van der Waals surface area (Å²) in [6, 6.07) is 7.81. The van der Waals surface area contributed by atoms with Crippen LogP contribution in [-0.2, 0) is 16.1 Å². The molecule has 0 aliphatic carbocycles.